The molecule has 1 aliphatic rings. The Kier molecular flexibility index (Phi) is 4.30. The maximum Gasteiger partial charge on any atom is 0.309 e. The van der Waals surface area contributed by atoms with Crippen LogP contribution in [-0.4, -0.2) is 45.8 Å². The van der Waals surface area contributed by atoms with Gasteiger partial charge in [0.25, 0.3) is 0 Å². The molecule has 0 amide bonds. The molecular formula is C12H20N4O2. The zero-order chi connectivity index (χ0) is 13.0. The highest BCUT2D eigenvalue weighted by molar-refractivity contribution is 5.72. The number of hydrogen-bond donors (Lipinski definition) is 0. The number of rotatable bonds is 4. The summed E-state index contributed by atoms with van der Waals surface area (Å²) in [6.45, 7) is 5.38. The van der Waals surface area contributed by atoms with E-state index in [2.05, 4.69) is 15.0 Å². The van der Waals surface area contributed by atoms with Gasteiger partial charge in [-0.2, -0.15) is 5.10 Å². The van der Waals surface area contributed by atoms with Crippen LogP contribution in [0.3, 0.4) is 0 Å². The number of piperidine rings is 1. The normalized spacial score (nSPS) is 20.9. The van der Waals surface area contributed by atoms with Crippen molar-refractivity contribution < 1.29 is 9.53 Å². The molecule has 18 heavy (non-hydrogen) atoms. The minimum absolute atomic E-state index is 0.00162. The first-order chi connectivity index (χ1) is 8.74. The number of hydrogen-bond acceptors (Lipinski definition) is 5. The number of methoxy groups -OCH3 is 1. The fourth-order valence-electron chi connectivity index (χ4n) is 2.43. The first kappa shape index (κ1) is 13.0. The molecule has 1 aromatic rings. The second-order valence-electron chi connectivity index (χ2n) is 4.59. The number of nitrogens with zero attached hydrogens (tertiary/aromatic N) is 4. The number of aryl methyl sites for hydroxylation is 1. The third kappa shape index (κ3) is 2.87. The van der Waals surface area contributed by atoms with E-state index in [1.54, 1.807) is 6.33 Å². The van der Waals surface area contributed by atoms with Crippen LogP contribution in [-0.2, 0) is 22.6 Å². The van der Waals surface area contributed by atoms with Gasteiger partial charge in [0.2, 0.25) is 0 Å². The van der Waals surface area contributed by atoms with Crippen molar-refractivity contribution in [1.82, 2.24) is 19.7 Å². The zero-order valence-electron chi connectivity index (χ0n) is 11.0. The van der Waals surface area contributed by atoms with E-state index in [-0.39, 0.29) is 11.9 Å². The van der Waals surface area contributed by atoms with Crippen LogP contribution < -0.4 is 0 Å². The van der Waals surface area contributed by atoms with Crippen molar-refractivity contribution in [3.05, 3.63) is 12.2 Å². The molecule has 2 rings (SSSR count). The van der Waals surface area contributed by atoms with E-state index in [0.717, 1.165) is 44.8 Å². The second-order valence-corrected chi connectivity index (χ2v) is 4.59. The summed E-state index contributed by atoms with van der Waals surface area (Å²) in [7, 11) is 1.45. The van der Waals surface area contributed by atoms with Gasteiger partial charge in [0.15, 0.2) is 0 Å². The molecule has 0 aliphatic carbocycles. The molecular weight excluding hydrogens is 232 g/mol. The first-order valence-electron chi connectivity index (χ1n) is 6.41. The molecule has 1 atom stereocenters. The second kappa shape index (κ2) is 5.95. The summed E-state index contributed by atoms with van der Waals surface area (Å²) in [5, 5.41) is 4.16. The predicted octanol–water partition coefficient (Wildman–Crippen LogP) is 0.683. The van der Waals surface area contributed by atoms with Gasteiger partial charge in [-0.1, -0.05) is 0 Å². The van der Waals surface area contributed by atoms with Crippen molar-refractivity contribution in [1.29, 1.82) is 0 Å². The van der Waals surface area contributed by atoms with E-state index in [4.69, 9.17) is 4.74 Å². The van der Waals surface area contributed by atoms with Crippen molar-refractivity contribution in [3.63, 3.8) is 0 Å². The highest BCUT2D eigenvalue weighted by Crippen LogP contribution is 2.19. The van der Waals surface area contributed by atoms with Crippen LogP contribution in [0, 0.1) is 5.92 Å². The lowest BCUT2D eigenvalue weighted by molar-refractivity contribution is -0.147. The van der Waals surface area contributed by atoms with Crippen molar-refractivity contribution in [2.45, 2.75) is 32.9 Å². The molecule has 0 aromatic carbocycles. The summed E-state index contributed by atoms with van der Waals surface area (Å²) in [6, 6.07) is 0. The highest BCUT2D eigenvalue weighted by Gasteiger charge is 2.27. The molecule has 1 aliphatic heterocycles. The summed E-state index contributed by atoms with van der Waals surface area (Å²) in [4.78, 5) is 18.1. The van der Waals surface area contributed by atoms with Gasteiger partial charge in [-0.15, -0.1) is 0 Å². The minimum Gasteiger partial charge on any atom is -0.469 e. The molecule has 0 saturated carbocycles. The van der Waals surface area contributed by atoms with Gasteiger partial charge in [0.05, 0.1) is 19.6 Å². The molecule has 100 valence electrons. The van der Waals surface area contributed by atoms with Crippen molar-refractivity contribution in [3.8, 4) is 0 Å². The Bertz CT molecular complexity index is 405. The molecule has 0 spiro atoms. The number of likely N-dealkylation sites (tertiary alicyclic amines) is 1. The van der Waals surface area contributed by atoms with Crippen molar-refractivity contribution >= 4 is 5.97 Å². The topological polar surface area (TPSA) is 60.2 Å². The predicted molar refractivity (Wildman–Crippen MR) is 65.7 cm³/mol. The molecule has 1 aromatic heterocycles. The number of ether oxygens (including phenoxy) is 1. The Labute approximate surface area is 107 Å². The fourth-order valence-corrected chi connectivity index (χ4v) is 2.43. The standard InChI is InChI=1S/C12H20N4O2/c1-3-16-11(13-9-14-16)8-15-6-4-5-10(7-15)12(17)18-2/h9-10H,3-8H2,1-2H3/t10-/m0/s1. The number of aromatic nitrogens is 3. The fraction of sp³-hybridized carbons (Fsp3) is 0.750. The van der Waals surface area contributed by atoms with Gasteiger partial charge >= 0.3 is 5.97 Å². The highest BCUT2D eigenvalue weighted by atomic mass is 16.5. The molecule has 2 heterocycles. The lowest BCUT2D eigenvalue weighted by Gasteiger charge is -2.30. The molecule has 6 heteroatoms. The average molecular weight is 252 g/mol. The van der Waals surface area contributed by atoms with Gasteiger partial charge in [-0.25, -0.2) is 9.67 Å². The Morgan fingerprint density at radius 2 is 2.44 bits per heavy atom. The van der Waals surface area contributed by atoms with Crippen LogP contribution in [0.1, 0.15) is 25.6 Å². The average Bonchev–Trinajstić information content (AvgIpc) is 2.85. The molecule has 0 radical (unpaired) electrons. The molecule has 1 fully saturated rings. The smallest absolute Gasteiger partial charge is 0.309 e. The van der Waals surface area contributed by atoms with Crippen LogP contribution >= 0.6 is 0 Å². The number of esters is 1. The van der Waals surface area contributed by atoms with Gasteiger partial charge in [-0.3, -0.25) is 9.69 Å². The van der Waals surface area contributed by atoms with E-state index in [1.807, 2.05) is 11.6 Å². The molecule has 0 N–H and O–H groups in total. The Hall–Kier alpha value is -1.43. The largest absolute Gasteiger partial charge is 0.469 e. The van der Waals surface area contributed by atoms with Crippen LogP contribution in [0.25, 0.3) is 0 Å². The summed E-state index contributed by atoms with van der Waals surface area (Å²) in [6.07, 6.45) is 3.53. The van der Waals surface area contributed by atoms with E-state index >= 15 is 0 Å². The molecule has 0 bridgehead atoms. The summed E-state index contributed by atoms with van der Waals surface area (Å²) in [5.74, 6) is 0.862. The summed E-state index contributed by atoms with van der Waals surface area (Å²) >= 11 is 0. The van der Waals surface area contributed by atoms with Gasteiger partial charge in [0, 0.05) is 13.1 Å². The molecule has 6 nitrogen and oxygen atoms in total. The van der Waals surface area contributed by atoms with Crippen LogP contribution in [0.4, 0.5) is 0 Å². The quantitative estimate of drug-likeness (QED) is 0.738. The number of carbonyl (C=O) groups excluding carboxylic acids is 1. The monoisotopic (exact) mass is 252 g/mol. The Morgan fingerprint density at radius 3 is 3.17 bits per heavy atom. The zero-order valence-corrected chi connectivity index (χ0v) is 11.0. The van der Waals surface area contributed by atoms with Crippen LogP contribution in [0.15, 0.2) is 6.33 Å². The van der Waals surface area contributed by atoms with Crippen molar-refractivity contribution in [2.75, 3.05) is 20.2 Å². The van der Waals surface area contributed by atoms with Gasteiger partial charge in [-0.05, 0) is 26.3 Å². The third-order valence-electron chi connectivity index (χ3n) is 3.40. The Balaban J connectivity index is 1.95. The van der Waals surface area contributed by atoms with Crippen LogP contribution in [0.5, 0.6) is 0 Å². The summed E-state index contributed by atoms with van der Waals surface area (Å²) in [5.41, 5.74) is 0. The van der Waals surface area contributed by atoms with Crippen molar-refractivity contribution in [2.24, 2.45) is 5.92 Å². The van der Waals surface area contributed by atoms with Crippen LogP contribution in [0.2, 0.25) is 0 Å². The summed E-state index contributed by atoms with van der Waals surface area (Å²) < 4.78 is 6.71. The van der Waals surface area contributed by atoms with Gasteiger partial charge < -0.3 is 4.74 Å². The molecule has 1 saturated heterocycles. The third-order valence-corrected chi connectivity index (χ3v) is 3.40. The Morgan fingerprint density at radius 1 is 1.61 bits per heavy atom. The maximum atomic E-state index is 11.6. The maximum absolute atomic E-state index is 11.6. The van der Waals surface area contributed by atoms with E-state index in [9.17, 15) is 4.79 Å². The van der Waals surface area contributed by atoms with E-state index in [1.165, 1.54) is 7.11 Å². The molecule has 0 unspecified atom stereocenters. The first-order valence-corrected chi connectivity index (χ1v) is 6.41. The van der Waals surface area contributed by atoms with E-state index in [0.29, 0.717) is 0 Å². The van der Waals surface area contributed by atoms with Gasteiger partial charge in [0.1, 0.15) is 12.2 Å². The van der Waals surface area contributed by atoms with E-state index < -0.39 is 0 Å². The lowest BCUT2D eigenvalue weighted by Crippen LogP contribution is -2.39. The SMILES string of the molecule is CCn1ncnc1CN1CCC[C@H](C(=O)OC)C1. The number of carbonyl (C=O) groups is 1. The minimum atomic E-state index is -0.100. The lowest BCUT2D eigenvalue weighted by atomic mass is 9.98.